The summed E-state index contributed by atoms with van der Waals surface area (Å²) in [6.45, 7) is 0. The topological polar surface area (TPSA) is 58.9 Å². The lowest BCUT2D eigenvalue weighted by Crippen LogP contribution is -2.01. The second-order valence-corrected chi connectivity index (χ2v) is 6.71. The van der Waals surface area contributed by atoms with Crippen molar-refractivity contribution in [2.45, 2.75) is 0 Å². The van der Waals surface area contributed by atoms with Crippen molar-refractivity contribution in [3.63, 3.8) is 0 Å². The van der Waals surface area contributed by atoms with E-state index in [9.17, 15) is 9.90 Å². The van der Waals surface area contributed by atoms with Gasteiger partial charge in [0.25, 0.3) is 0 Å². The Hall–Kier alpha value is -2.18. The van der Waals surface area contributed by atoms with Crippen molar-refractivity contribution in [1.29, 1.82) is 0 Å². The third kappa shape index (κ3) is 3.83. The summed E-state index contributed by atoms with van der Waals surface area (Å²) < 4.78 is 6.40. The molecule has 0 amide bonds. The van der Waals surface area contributed by atoms with Gasteiger partial charge in [-0.25, -0.2) is 9.79 Å². The van der Waals surface area contributed by atoms with Crippen molar-refractivity contribution >= 4 is 55.9 Å². The van der Waals surface area contributed by atoms with E-state index in [1.807, 2.05) is 36.4 Å². The van der Waals surface area contributed by atoms with Crippen LogP contribution in [0.25, 0.3) is 12.2 Å². The Kier molecular flexibility index (Phi) is 4.97. The highest BCUT2D eigenvalue weighted by molar-refractivity contribution is 9.11. The van der Waals surface area contributed by atoms with E-state index in [-0.39, 0.29) is 17.3 Å². The van der Waals surface area contributed by atoms with Crippen molar-refractivity contribution in [3.8, 4) is 5.75 Å². The molecule has 120 valence electrons. The molecule has 0 saturated heterocycles. The molecule has 1 heterocycles. The lowest BCUT2D eigenvalue weighted by atomic mass is 10.1. The maximum Gasteiger partial charge on any atom is 0.363 e. The van der Waals surface area contributed by atoms with Gasteiger partial charge in [0.15, 0.2) is 5.70 Å². The third-order valence-electron chi connectivity index (χ3n) is 3.20. The average Bonchev–Trinajstić information content (AvgIpc) is 2.91. The summed E-state index contributed by atoms with van der Waals surface area (Å²) in [4.78, 5) is 16.1. The molecule has 0 fully saturated rings. The molecule has 0 radical (unpaired) electrons. The Bertz CT molecular complexity index is 887. The highest BCUT2D eigenvalue weighted by Gasteiger charge is 2.22. The molecule has 0 aromatic heterocycles. The van der Waals surface area contributed by atoms with Crippen LogP contribution in [0.3, 0.4) is 0 Å². The fraction of sp³-hybridized carbons (Fsp3) is 0. The first-order valence-corrected chi connectivity index (χ1v) is 8.55. The number of carbonyl (C=O) groups excluding carboxylic acids is 1. The van der Waals surface area contributed by atoms with E-state index in [0.29, 0.717) is 10.0 Å². The lowest BCUT2D eigenvalue weighted by molar-refractivity contribution is -0.129. The number of phenols is 1. The third-order valence-corrected chi connectivity index (χ3v) is 4.27. The van der Waals surface area contributed by atoms with E-state index in [0.717, 1.165) is 10.0 Å². The number of aliphatic imine (C=N–C) groups is 1. The first kappa shape index (κ1) is 16.7. The number of hydrogen-bond donors (Lipinski definition) is 1. The van der Waals surface area contributed by atoms with Gasteiger partial charge in [-0.15, -0.1) is 0 Å². The van der Waals surface area contributed by atoms with Gasteiger partial charge in [0.1, 0.15) is 5.75 Å². The van der Waals surface area contributed by atoms with Gasteiger partial charge >= 0.3 is 5.97 Å². The summed E-state index contributed by atoms with van der Waals surface area (Å²) in [5.41, 5.74) is 1.56. The number of cyclic esters (lactones) is 1. The van der Waals surface area contributed by atoms with Crippen LogP contribution >= 0.6 is 31.9 Å². The molecule has 1 aliphatic heterocycles. The van der Waals surface area contributed by atoms with Gasteiger partial charge in [-0.2, -0.15) is 0 Å². The van der Waals surface area contributed by atoms with Crippen LogP contribution < -0.4 is 0 Å². The standard InChI is InChI=1S/C18H11Br2NO3/c19-13-8-12(17(22)14(20)10-13)9-15-18(23)24-16(21-15)7-6-11-4-2-1-3-5-11/h1-10,22H. The van der Waals surface area contributed by atoms with E-state index in [1.54, 1.807) is 18.2 Å². The zero-order valence-electron chi connectivity index (χ0n) is 12.2. The minimum Gasteiger partial charge on any atom is -0.506 e. The molecule has 0 unspecified atom stereocenters. The monoisotopic (exact) mass is 447 g/mol. The van der Waals surface area contributed by atoms with Crippen molar-refractivity contribution in [1.82, 2.24) is 0 Å². The van der Waals surface area contributed by atoms with E-state index in [2.05, 4.69) is 36.9 Å². The largest absolute Gasteiger partial charge is 0.506 e. The minimum absolute atomic E-state index is 0.0296. The molecule has 2 aromatic rings. The first-order valence-electron chi connectivity index (χ1n) is 6.96. The molecular formula is C18H11Br2NO3. The minimum atomic E-state index is -0.557. The molecule has 3 rings (SSSR count). The van der Waals surface area contributed by atoms with E-state index >= 15 is 0 Å². The van der Waals surface area contributed by atoms with Crippen LogP contribution in [-0.2, 0) is 9.53 Å². The number of carbonyl (C=O) groups is 1. The van der Waals surface area contributed by atoms with E-state index in [1.165, 1.54) is 6.08 Å². The van der Waals surface area contributed by atoms with Crippen LogP contribution in [0.4, 0.5) is 0 Å². The first-order chi connectivity index (χ1) is 11.5. The second kappa shape index (κ2) is 7.15. The number of aromatic hydroxyl groups is 1. The summed E-state index contributed by atoms with van der Waals surface area (Å²) in [5.74, 6) is -0.316. The fourth-order valence-corrected chi connectivity index (χ4v) is 3.33. The number of halogens is 2. The normalized spacial score (nSPS) is 15.8. The van der Waals surface area contributed by atoms with Crippen LogP contribution in [0.15, 0.2) is 68.2 Å². The van der Waals surface area contributed by atoms with Gasteiger partial charge in [-0.3, -0.25) is 0 Å². The van der Waals surface area contributed by atoms with Crippen molar-refractivity contribution < 1.29 is 14.6 Å². The Morgan fingerprint density at radius 3 is 2.58 bits per heavy atom. The number of phenolic OH excluding ortho intramolecular Hbond substituents is 1. The smallest absolute Gasteiger partial charge is 0.363 e. The van der Waals surface area contributed by atoms with Crippen LogP contribution in [0.2, 0.25) is 0 Å². The van der Waals surface area contributed by atoms with E-state index in [4.69, 9.17) is 4.74 Å². The van der Waals surface area contributed by atoms with Crippen molar-refractivity contribution in [2.75, 3.05) is 0 Å². The van der Waals surface area contributed by atoms with Crippen LogP contribution in [0.1, 0.15) is 11.1 Å². The summed E-state index contributed by atoms with van der Waals surface area (Å²) in [5, 5.41) is 10.1. The number of hydrogen-bond acceptors (Lipinski definition) is 4. The summed E-state index contributed by atoms with van der Waals surface area (Å²) in [6.07, 6.45) is 4.92. The van der Waals surface area contributed by atoms with E-state index < -0.39 is 5.97 Å². The Labute approximate surface area is 155 Å². The van der Waals surface area contributed by atoms with Gasteiger partial charge in [0.05, 0.1) is 4.47 Å². The zero-order valence-corrected chi connectivity index (χ0v) is 15.4. The molecule has 4 nitrogen and oxygen atoms in total. The summed E-state index contributed by atoms with van der Waals surface area (Å²) in [6, 6.07) is 13.0. The molecule has 0 saturated carbocycles. The Morgan fingerprint density at radius 1 is 1.08 bits per heavy atom. The van der Waals surface area contributed by atoms with Gasteiger partial charge in [-0.05, 0) is 45.8 Å². The summed E-state index contributed by atoms with van der Waals surface area (Å²) in [7, 11) is 0. The number of rotatable bonds is 3. The predicted octanol–water partition coefficient (Wildman–Crippen LogP) is 4.93. The highest BCUT2D eigenvalue weighted by atomic mass is 79.9. The molecular weight excluding hydrogens is 438 g/mol. The molecule has 1 N–H and O–H groups in total. The number of esters is 1. The average molecular weight is 449 g/mol. The molecule has 6 heteroatoms. The molecule has 0 spiro atoms. The van der Waals surface area contributed by atoms with Gasteiger partial charge in [0.2, 0.25) is 5.90 Å². The predicted molar refractivity (Wildman–Crippen MR) is 100 cm³/mol. The van der Waals surface area contributed by atoms with Gasteiger partial charge in [0, 0.05) is 16.1 Å². The fourth-order valence-electron chi connectivity index (χ4n) is 2.07. The maximum atomic E-state index is 11.9. The Balaban J connectivity index is 1.88. The Morgan fingerprint density at radius 2 is 1.83 bits per heavy atom. The van der Waals surface area contributed by atoms with Crippen molar-refractivity contribution in [3.05, 3.63) is 74.3 Å². The SMILES string of the molecule is O=C1OC(C=Cc2ccccc2)=NC1=Cc1cc(Br)cc(Br)c1O. The molecule has 2 aromatic carbocycles. The summed E-state index contributed by atoms with van der Waals surface area (Å²) >= 11 is 6.59. The zero-order chi connectivity index (χ0) is 17.1. The second-order valence-electron chi connectivity index (χ2n) is 4.94. The number of benzene rings is 2. The molecule has 0 atom stereocenters. The van der Waals surface area contributed by atoms with Crippen molar-refractivity contribution in [2.24, 2.45) is 4.99 Å². The maximum absolute atomic E-state index is 11.9. The number of nitrogens with zero attached hydrogens (tertiary/aromatic N) is 1. The number of ether oxygens (including phenoxy) is 1. The van der Waals surface area contributed by atoms with Gasteiger partial charge < -0.3 is 9.84 Å². The molecule has 1 aliphatic rings. The van der Waals surface area contributed by atoms with Crippen LogP contribution in [0.5, 0.6) is 5.75 Å². The van der Waals surface area contributed by atoms with Crippen LogP contribution in [-0.4, -0.2) is 17.0 Å². The van der Waals surface area contributed by atoms with Crippen LogP contribution in [0, 0.1) is 0 Å². The highest BCUT2D eigenvalue weighted by Crippen LogP contribution is 2.33. The molecule has 0 aliphatic carbocycles. The van der Waals surface area contributed by atoms with Gasteiger partial charge in [-0.1, -0.05) is 46.3 Å². The lowest BCUT2D eigenvalue weighted by Gasteiger charge is -2.03. The quantitative estimate of drug-likeness (QED) is 0.535. The molecule has 24 heavy (non-hydrogen) atoms. The molecule has 0 bridgehead atoms.